The standard InChI is InChI=1S/C27H31N3O6S/c1-20(27(32)28-2)29(18-21-11-7-5-8-12-21)26(31)19-30(37(33,34)23-13-9-6-10-14-23)22-15-16-24(35-3)25(17-22)36-4/h5-17,20H,18-19H2,1-4H3,(H,28,32)/t20-/m0/s1. The fourth-order valence-electron chi connectivity index (χ4n) is 3.80. The zero-order valence-electron chi connectivity index (χ0n) is 21.2. The Bertz CT molecular complexity index is 1320. The molecule has 3 aromatic rings. The molecule has 0 unspecified atom stereocenters. The van der Waals surface area contributed by atoms with Gasteiger partial charge in [-0.05, 0) is 36.8 Å². The first-order valence-electron chi connectivity index (χ1n) is 11.6. The second-order valence-electron chi connectivity index (χ2n) is 8.16. The molecule has 3 aromatic carbocycles. The highest BCUT2D eigenvalue weighted by molar-refractivity contribution is 7.92. The van der Waals surface area contributed by atoms with Gasteiger partial charge >= 0.3 is 0 Å². The number of methoxy groups -OCH3 is 2. The lowest BCUT2D eigenvalue weighted by Crippen LogP contribution is -2.50. The van der Waals surface area contributed by atoms with Crippen LogP contribution in [0.25, 0.3) is 0 Å². The van der Waals surface area contributed by atoms with Gasteiger partial charge in [0.05, 0.1) is 24.8 Å². The van der Waals surface area contributed by atoms with Crippen LogP contribution in [0, 0.1) is 0 Å². The molecule has 0 bridgehead atoms. The minimum atomic E-state index is -4.16. The normalized spacial score (nSPS) is 11.8. The van der Waals surface area contributed by atoms with E-state index in [1.807, 2.05) is 30.3 Å². The van der Waals surface area contributed by atoms with Gasteiger partial charge in [-0.2, -0.15) is 0 Å². The van der Waals surface area contributed by atoms with E-state index in [2.05, 4.69) is 5.32 Å². The van der Waals surface area contributed by atoms with Crippen molar-refractivity contribution >= 4 is 27.5 Å². The zero-order chi connectivity index (χ0) is 27.0. The van der Waals surface area contributed by atoms with Gasteiger partial charge in [-0.1, -0.05) is 48.5 Å². The number of likely N-dealkylation sites (N-methyl/N-ethyl adjacent to an activating group) is 1. The van der Waals surface area contributed by atoms with Crippen molar-refractivity contribution in [1.29, 1.82) is 0 Å². The number of carbonyl (C=O) groups is 2. The van der Waals surface area contributed by atoms with Crippen LogP contribution >= 0.6 is 0 Å². The Kier molecular flexibility index (Phi) is 9.13. The van der Waals surface area contributed by atoms with Crippen LogP contribution in [-0.2, 0) is 26.2 Å². The molecule has 0 aromatic heterocycles. The van der Waals surface area contributed by atoms with Crippen LogP contribution < -0.4 is 19.1 Å². The van der Waals surface area contributed by atoms with E-state index < -0.39 is 28.5 Å². The molecule has 1 N–H and O–H groups in total. The van der Waals surface area contributed by atoms with E-state index in [-0.39, 0.29) is 23.0 Å². The summed E-state index contributed by atoms with van der Waals surface area (Å²) < 4.78 is 39.2. The topological polar surface area (TPSA) is 105 Å². The number of nitrogens with one attached hydrogen (secondary N) is 1. The first kappa shape index (κ1) is 27.5. The molecule has 0 saturated heterocycles. The maximum atomic E-state index is 13.8. The van der Waals surface area contributed by atoms with Crippen molar-refractivity contribution in [1.82, 2.24) is 10.2 Å². The Labute approximate surface area is 217 Å². The van der Waals surface area contributed by atoms with Gasteiger partial charge in [-0.15, -0.1) is 0 Å². The first-order valence-corrected chi connectivity index (χ1v) is 13.0. The molecule has 0 fully saturated rings. The number of amides is 2. The van der Waals surface area contributed by atoms with Gasteiger partial charge in [0.15, 0.2) is 11.5 Å². The Hall–Kier alpha value is -4.05. The monoisotopic (exact) mass is 525 g/mol. The predicted octanol–water partition coefficient (Wildman–Crippen LogP) is 3.06. The third kappa shape index (κ3) is 6.39. The quantitative estimate of drug-likeness (QED) is 0.413. The number of ether oxygens (including phenoxy) is 2. The van der Waals surface area contributed by atoms with Crippen LogP contribution in [-0.4, -0.2) is 59.0 Å². The third-order valence-corrected chi connectivity index (χ3v) is 7.66. The van der Waals surface area contributed by atoms with Crippen LogP contribution in [0.4, 0.5) is 5.69 Å². The summed E-state index contributed by atoms with van der Waals surface area (Å²) in [6, 6.07) is 20.8. The number of rotatable bonds is 11. The number of sulfonamides is 1. The fraction of sp³-hybridized carbons (Fsp3) is 0.259. The summed E-state index contributed by atoms with van der Waals surface area (Å²) >= 11 is 0. The van der Waals surface area contributed by atoms with Crippen molar-refractivity contribution in [2.45, 2.75) is 24.4 Å². The number of carbonyl (C=O) groups excluding carboxylic acids is 2. The highest BCUT2D eigenvalue weighted by atomic mass is 32.2. The summed E-state index contributed by atoms with van der Waals surface area (Å²) in [5, 5.41) is 2.56. The first-order chi connectivity index (χ1) is 17.7. The summed E-state index contributed by atoms with van der Waals surface area (Å²) in [5.74, 6) is -0.198. The highest BCUT2D eigenvalue weighted by Crippen LogP contribution is 2.34. The molecule has 0 radical (unpaired) electrons. The lowest BCUT2D eigenvalue weighted by molar-refractivity contribution is -0.139. The SMILES string of the molecule is CNC(=O)[C@H](C)N(Cc1ccccc1)C(=O)CN(c1ccc(OC)c(OC)c1)S(=O)(=O)c1ccccc1. The smallest absolute Gasteiger partial charge is 0.264 e. The van der Waals surface area contributed by atoms with E-state index >= 15 is 0 Å². The fourth-order valence-corrected chi connectivity index (χ4v) is 5.23. The predicted molar refractivity (Wildman–Crippen MR) is 141 cm³/mol. The summed E-state index contributed by atoms with van der Waals surface area (Å²) in [6.07, 6.45) is 0. The van der Waals surface area contributed by atoms with Gasteiger partial charge in [0, 0.05) is 19.7 Å². The number of benzene rings is 3. The van der Waals surface area contributed by atoms with Crippen molar-refractivity contribution in [3.05, 3.63) is 84.4 Å². The molecule has 9 nitrogen and oxygen atoms in total. The lowest BCUT2D eigenvalue weighted by atomic mass is 10.1. The minimum Gasteiger partial charge on any atom is -0.493 e. The average Bonchev–Trinajstić information content (AvgIpc) is 2.94. The maximum Gasteiger partial charge on any atom is 0.264 e. The number of hydrogen-bond acceptors (Lipinski definition) is 6. The summed E-state index contributed by atoms with van der Waals surface area (Å²) in [6.45, 7) is 1.19. The molecular formula is C27H31N3O6S. The Balaban J connectivity index is 2.07. The van der Waals surface area contributed by atoms with Crippen LogP contribution in [0.15, 0.2) is 83.8 Å². The van der Waals surface area contributed by atoms with Crippen molar-refractivity contribution in [2.75, 3.05) is 32.1 Å². The van der Waals surface area contributed by atoms with Gasteiger partial charge in [0.25, 0.3) is 10.0 Å². The molecular weight excluding hydrogens is 494 g/mol. The van der Waals surface area contributed by atoms with Crippen molar-refractivity contribution < 1.29 is 27.5 Å². The van der Waals surface area contributed by atoms with Crippen LogP contribution in [0.5, 0.6) is 11.5 Å². The second-order valence-corrected chi connectivity index (χ2v) is 10.0. The number of hydrogen-bond donors (Lipinski definition) is 1. The molecule has 0 aliphatic heterocycles. The molecule has 0 heterocycles. The van der Waals surface area contributed by atoms with Crippen LogP contribution in [0.3, 0.4) is 0 Å². The minimum absolute atomic E-state index is 0.0199. The molecule has 0 aliphatic carbocycles. The van der Waals surface area contributed by atoms with Crippen LogP contribution in [0.2, 0.25) is 0 Å². The highest BCUT2D eigenvalue weighted by Gasteiger charge is 2.32. The van der Waals surface area contributed by atoms with E-state index in [0.717, 1.165) is 9.87 Å². The summed E-state index contributed by atoms with van der Waals surface area (Å²) in [4.78, 5) is 27.6. The Morgan fingerprint density at radius 3 is 2.05 bits per heavy atom. The molecule has 2 amide bonds. The van der Waals surface area contributed by atoms with Gasteiger partial charge in [0.1, 0.15) is 12.6 Å². The molecule has 3 rings (SSSR count). The Morgan fingerprint density at radius 1 is 0.892 bits per heavy atom. The maximum absolute atomic E-state index is 13.8. The number of nitrogens with zero attached hydrogens (tertiary/aromatic N) is 2. The van der Waals surface area contributed by atoms with E-state index in [1.165, 1.54) is 44.4 Å². The molecule has 10 heteroatoms. The van der Waals surface area contributed by atoms with E-state index in [1.54, 1.807) is 37.3 Å². The van der Waals surface area contributed by atoms with Gasteiger partial charge in [-0.25, -0.2) is 8.42 Å². The van der Waals surface area contributed by atoms with E-state index in [9.17, 15) is 18.0 Å². The van der Waals surface area contributed by atoms with Gasteiger partial charge in [-0.3, -0.25) is 13.9 Å². The third-order valence-electron chi connectivity index (χ3n) is 5.87. The summed E-state index contributed by atoms with van der Waals surface area (Å²) in [7, 11) is 0.237. The summed E-state index contributed by atoms with van der Waals surface area (Å²) in [5.41, 5.74) is 1.01. The Morgan fingerprint density at radius 2 is 1.49 bits per heavy atom. The van der Waals surface area contributed by atoms with E-state index in [4.69, 9.17) is 9.47 Å². The molecule has 196 valence electrons. The van der Waals surface area contributed by atoms with E-state index in [0.29, 0.717) is 11.5 Å². The lowest BCUT2D eigenvalue weighted by Gasteiger charge is -2.32. The van der Waals surface area contributed by atoms with Crippen molar-refractivity contribution in [2.24, 2.45) is 0 Å². The molecule has 1 atom stereocenters. The molecule has 0 saturated carbocycles. The molecule has 0 aliphatic rings. The van der Waals surface area contributed by atoms with Crippen molar-refractivity contribution in [3.63, 3.8) is 0 Å². The largest absolute Gasteiger partial charge is 0.493 e. The molecule has 0 spiro atoms. The van der Waals surface area contributed by atoms with Crippen LogP contribution in [0.1, 0.15) is 12.5 Å². The molecule has 37 heavy (non-hydrogen) atoms. The van der Waals surface area contributed by atoms with Crippen molar-refractivity contribution in [3.8, 4) is 11.5 Å². The van der Waals surface area contributed by atoms with Gasteiger partial charge < -0.3 is 19.7 Å². The number of anilines is 1. The zero-order valence-corrected chi connectivity index (χ0v) is 22.1. The van der Waals surface area contributed by atoms with Gasteiger partial charge in [0.2, 0.25) is 11.8 Å². The average molecular weight is 526 g/mol. The second kappa shape index (κ2) is 12.3.